The Kier molecular flexibility index (Phi) is 17.8. The van der Waals surface area contributed by atoms with Crippen LogP contribution >= 0.6 is 15.9 Å². The quantitative estimate of drug-likeness (QED) is 0.216. The van der Waals surface area contributed by atoms with Crippen LogP contribution in [0.25, 0.3) is 0 Å². The third kappa shape index (κ3) is 16.5. The van der Waals surface area contributed by atoms with Gasteiger partial charge >= 0.3 is 0 Å². The van der Waals surface area contributed by atoms with Gasteiger partial charge in [0.15, 0.2) is 6.29 Å². The molecule has 20 heavy (non-hydrogen) atoms. The van der Waals surface area contributed by atoms with Crippen LogP contribution in [-0.4, -0.2) is 23.3 Å². The van der Waals surface area contributed by atoms with Crippen molar-refractivity contribution in [3.63, 3.8) is 0 Å². The molecule has 0 aliphatic heterocycles. The van der Waals surface area contributed by atoms with Gasteiger partial charge in [0.1, 0.15) is 0 Å². The predicted molar refractivity (Wildman–Crippen MR) is 91.4 cm³/mol. The van der Waals surface area contributed by atoms with E-state index in [9.17, 15) is 5.11 Å². The van der Waals surface area contributed by atoms with Crippen LogP contribution in [-0.2, 0) is 4.74 Å². The summed E-state index contributed by atoms with van der Waals surface area (Å²) in [5.41, 5.74) is 0. The summed E-state index contributed by atoms with van der Waals surface area (Å²) in [6, 6.07) is 0. The second-order valence-corrected chi connectivity index (χ2v) is 6.49. The Hall–Kier alpha value is 0.400. The molecule has 1 atom stereocenters. The molecule has 0 bridgehead atoms. The van der Waals surface area contributed by atoms with Crippen LogP contribution < -0.4 is 0 Å². The molecular weight excluding hydrogens is 316 g/mol. The van der Waals surface area contributed by atoms with Gasteiger partial charge in [-0.25, -0.2) is 0 Å². The summed E-state index contributed by atoms with van der Waals surface area (Å²) in [5, 5.41) is 10.8. The number of hydrogen-bond donors (Lipinski definition) is 1. The fourth-order valence-corrected chi connectivity index (χ4v) is 2.70. The monoisotopic (exact) mass is 350 g/mol. The van der Waals surface area contributed by atoms with E-state index in [1.807, 2.05) is 0 Å². The van der Waals surface area contributed by atoms with Gasteiger partial charge in [0, 0.05) is 11.9 Å². The molecule has 122 valence electrons. The minimum atomic E-state index is -0.536. The number of alkyl halides is 1. The molecule has 0 saturated heterocycles. The van der Waals surface area contributed by atoms with E-state index < -0.39 is 6.29 Å². The molecule has 0 aliphatic carbocycles. The summed E-state index contributed by atoms with van der Waals surface area (Å²) in [5.74, 6) is 0. The normalized spacial score (nSPS) is 12.8. The average molecular weight is 351 g/mol. The van der Waals surface area contributed by atoms with Gasteiger partial charge in [-0.3, -0.25) is 0 Å². The molecule has 0 aromatic rings. The zero-order valence-electron chi connectivity index (χ0n) is 13.4. The number of aliphatic hydroxyl groups is 1. The first-order valence-electron chi connectivity index (χ1n) is 8.67. The maximum atomic E-state index is 9.69. The molecule has 1 unspecified atom stereocenters. The summed E-state index contributed by atoms with van der Waals surface area (Å²) in [7, 11) is 0. The molecule has 0 radical (unpaired) electrons. The van der Waals surface area contributed by atoms with Crippen molar-refractivity contribution in [2.45, 2.75) is 96.7 Å². The van der Waals surface area contributed by atoms with Gasteiger partial charge < -0.3 is 9.84 Å². The van der Waals surface area contributed by atoms with Crippen LogP contribution in [0.3, 0.4) is 0 Å². The number of halogens is 1. The Morgan fingerprint density at radius 3 is 2.00 bits per heavy atom. The molecule has 0 saturated carbocycles. The standard InChI is InChI=1S/C17H35BrO2/c1-2-3-4-5-6-10-13-16-20-17(19)14-11-8-7-9-12-15-18/h17,19H,2-16H2,1H3. The highest BCUT2D eigenvalue weighted by atomic mass is 79.9. The number of aliphatic hydroxyl groups excluding tert-OH is 1. The van der Waals surface area contributed by atoms with E-state index in [1.54, 1.807) is 0 Å². The lowest BCUT2D eigenvalue weighted by atomic mass is 10.1. The first kappa shape index (κ1) is 20.4. The van der Waals surface area contributed by atoms with E-state index in [1.165, 1.54) is 64.2 Å². The van der Waals surface area contributed by atoms with Crippen molar-refractivity contribution in [1.82, 2.24) is 0 Å². The highest BCUT2D eigenvalue weighted by molar-refractivity contribution is 9.09. The Morgan fingerprint density at radius 2 is 1.35 bits per heavy atom. The highest BCUT2D eigenvalue weighted by Crippen LogP contribution is 2.10. The molecular formula is C17H35BrO2. The molecule has 0 aliphatic rings. The average Bonchev–Trinajstić information content (AvgIpc) is 2.45. The third-order valence-corrected chi connectivity index (χ3v) is 4.20. The van der Waals surface area contributed by atoms with E-state index in [0.29, 0.717) is 0 Å². The van der Waals surface area contributed by atoms with Gasteiger partial charge in [0.25, 0.3) is 0 Å². The summed E-state index contributed by atoms with van der Waals surface area (Å²) < 4.78 is 5.45. The second-order valence-electron chi connectivity index (χ2n) is 5.69. The molecule has 2 nitrogen and oxygen atoms in total. The van der Waals surface area contributed by atoms with Gasteiger partial charge in [-0.05, 0) is 25.7 Å². The summed E-state index contributed by atoms with van der Waals surface area (Å²) >= 11 is 3.44. The van der Waals surface area contributed by atoms with Gasteiger partial charge in [0.05, 0.1) is 0 Å². The molecule has 0 aromatic heterocycles. The first-order chi connectivity index (χ1) is 9.81. The Morgan fingerprint density at radius 1 is 0.800 bits per heavy atom. The van der Waals surface area contributed by atoms with Crippen LogP contribution in [0, 0.1) is 0 Å². The minimum absolute atomic E-state index is 0.536. The van der Waals surface area contributed by atoms with E-state index in [2.05, 4.69) is 22.9 Å². The van der Waals surface area contributed by atoms with E-state index in [0.717, 1.165) is 31.2 Å². The number of ether oxygens (including phenoxy) is 1. The number of unbranched alkanes of at least 4 members (excludes halogenated alkanes) is 10. The minimum Gasteiger partial charge on any atom is -0.368 e. The predicted octanol–water partition coefficient (Wildman–Crippen LogP) is 5.81. The molecule has 0 amide bonds. The van der Waals surface area contributed by atoms with Crippen molar-refractivity contribution in [3.05, 3.63) is 0 Å². The lowest BCUT2D eigenvalue weighted by Crippen LogP contribution is -2.12. The fraction of sp³-hybridized carbons (Fsp3) is 1.00. The molecule has 0 spiro atoms. The fourth-order valence-electron chi connectivity index (χ4n) is 2.31. The zero-order chi connectivity index (χ0) is 14.9. The van der Waals surface area contributed by atoms with E-state index in [4.69, 9.17) is 4.74 Å². The Bertz CT molecular complexity index is 176. The topological polar surface area (TPSA) is 29.5 Å². The van der Waals surface area contributed by atoms with Crippen LogP contribution in [0.15, 0.2) is 0 Å². The highest BCUT2D eigenvalue weighted by Gasteiger charge is 2.03. The Balaban J connectivity index is 3.10. The largest absolute Gasteiger partial charge is 0.368 e. The number of rotatable bonds is 16. The van der Waals surface area contributed by atoms with Crippen molar-refractivity contribution in [2.24, 2.45) is 0 Å². The molecule has 0 rings (SSSR count). The summed E-state index contributed by atoms with van der Waals surface area (Å²) in [6.07, 6.45) is 15.4. The molecule has 0 aromatic carbocycles. The molecule has 0 fully saturated rings. The van der Waals surface area contributed by atoms with Crippen LogP contribution in [0.2, 0.25) is 0 Å². The summed E-state index contributed by atoms with van der Waals surface area (Å²) in [6.45, 7) is 2.97. The summed E-state index contributed by atoms with van der Waals surface area (Å²) in [4.78, 5) is 0. The van der Waals surface area contributed by atoms with Gasteiger partial charge in [-0.2, -0.15) is 0 Å². The van der Waals surface area contributed by atoms with Crippen molar-refractivity contribution in [1.29, 1.82) is 0 Å². The van der Waals surface area contributed by atoms with Gasteiger partial charge in [-0.1, -0.05) is 80.6 Å². The smallest absolute Gasteiger partial charge is 0.154 e. The molecule has 3 heteroatoms. The first-order valence-corrected chi connectivity index (χ1v) is 9.79. The maximum absolute atomic E-state index is 9.69. The van der Waals surface area contributed by atoms with Crippen molar-refractivity contribution < 1.29 is 9.84 Å². The lowest BCUT2D eigenvalue weighted by molar-refractivity contribution is -0.105. The second kappa shape index (κ2) is 17.5. The SMILES string of the molecule is CCCCCCCCCOC(O)CCCCCCCBr. The van der Waals surface area contributed by atoms with E-state index >= 15 is 0 Å². The van der Waals surface area contributed by atoms with Crippen LogP contribution in [0.1, 0.15) is 90.4 Å². The van der Waals surface area contributed by atoms with Gasteiger partial charge in [-0.15, -0.1) is 0 Å². The van der Waals surface area contributed by atoms with E-state index in [-0.39, 0.29) is 0 Å². The van der Waals surface area contributed by atoms with Gasteiger partial charge in [0.2, 0.25) is 0 Å². The molecule has 1 N–H and O–H groups in total. The number of hydrogen-bond acceptors (Lipinski definition) is 2. The Labute approximate surface area is 134 Å². The van der Waals surface area contributed by atoms with Crippen molar-refractivity contribution in [3.8, 4) is 0 Å². The lowest BCUT2D eigenvalue weighted by Gasteiger charge is -2.11. The maximum Gasteiger partial charge on any atom is 0.154 e. The zero-order valence-corrected chi connectivity index (χ0v) is 15.0. The van der Waals surface area contributed by atoms with Crippen molar-refractivity contribution >= 4 is 15.9 Å². The van der Waals surface area contributed by atoms with Crippen LogP contribution in [0.5, 0.6) is 0 Å². The van der Waals surface area contributed by atoms with Crippen LogP contribution in [0.4, 0.5) is 0 Å². The van der Waals surface area contributed by atoms with Crippen molar-refractivity contribution in [2.75, 3.05) is 11.9 Å². The molecule has 0 heterocycles. The third-order valence-electron chi connectivity index (χ3n) is 3.64.